The summed E-state index contributed by atoms with van der Waals surface area (Å²) in [4.78, 5) is 25.2. The van der Waals surface area contributed by atoms with Gasteiger partial charge in [-0.1, -0.05) is 19.4 Å². The van der Waals surface area contributed by atoms with Gasteiger partial charge in [0.2, 0.25) is 0 Å². The molecule has 0 amide bonds. The van der Waals surface area contributed by atoms with E-state index in [-0.39, 0.29) is 42.6 Å². The Hall–Kier alpha value is -1.00. The smallest absolute Gasteiger partial charge is 0.190 e. The predicted octanol–water partition coefficient (Wildman–Crippen LogP) is 2.81. The minimum Gasteiger partial charge on any atom is -0.388 e. The van der Waals surface area contributed by atoms with Crippen molar-refractivity contribution in [2.75, 3.05) is 6.56 Å². The van der Waals surface area contributed by atoms with E-state index in [0.29, 0.717) is 19.3 Å². The summed E-state index contributed by atoms with van der Waals surface area (Å²) in [5.74, 6) is -3.19. The van der Waals surface area contributed by atoms with Crippen molar-refractivity contribution >= 4 is 11.6 Å². The second-order valence-corrected chi connectivity index (χ2v) is 8.65. The van der Waals surface area contributed by atoms with Crippen LogP contribution in [0.5, 0.6) is 0 Å². The Morgan fingerprint density at radius 1 is 1.28 bits per heavy atom. The van der Waals surface area contributed by atoms with Gasteiger partial charge in [0, 0.05) is 17.3 Å². The van der Waals surface area contributed by atoms with Gasteiger partial charge in [0.15, 0.2) is 11.6 Å². The summed E-state index contributed by atoms with van der Waals surface area (Å²) in [5.41, 5.74) is -4.14. The third kappa shape index (κ3) is 2.13. The van der Waals surface area contributed by atoms with Gasteiger partial charge >= 0.3 is 0 Å². The van der Waals surface area contributed by atoms with Crippen molar-refractivity contribution in [3.8, 4) is 0 Å². The number of carbonyl (C=O) groups is 2. The molecule has 3 saturated carbocycles. The SMILES string of the molecule is [2H]C1=C2C([2H])([2H])C[C@H]3[C@@H](CC[C@]4(C)[C@@H]3CC[C@@]4(O)C(=O)C([2H])([2H])O)[C@]2(C)CC([2H])([2H])C1=O. The van der Waals surface area contributed by atoms with Crippen LogP contribution in [0.25, 0.3) is 0 Å². The standard InChI is InChI=1S/C21H30O4/c1-19-8-5-14(23)11-13(19)3-4-15-16(19)6-9-20(2)17(15)7-10-21(20,25)18(24)12-22/h11,15-17,22,25H,3-10,12H2,1-2H3/t15-,16+,17+,19+,20+,21+/m0/s1/i3D2,5D2,11D,12D2. The lowest BCUT2D eigenvalue weighted by Gasteiger charge is -2.58. The highest BCUT2D eigenvalue weighted by Crippen LogP contribution is 2.67. The van der Waals surface area contributed by atoms with E-state index in [1.165, 1.54) is 0 Å². The van der Waals surface area contributed by atoms with Crippen molar-refractivity contribution in [3.05, 3.63) is 11.6 Å². The first-order valence-corrected chi connectivity index (χ1v) is 9.09. The number of fused-ring (bicyclic) bond motifs is 5. The van der Waals surface area contributed by atoms with E-state index < -0.39 is 53.4 Å². The van der Waals surface area contributed by atoms with Gasteiger partial charge in [-0.25, -0.2) is 0 Å². The first-order valence-electron chi connectivity index (χ1n) is 12.6. The molecule has 0 aromatic heterocycles. The molecule has 0 unspecified atom stereocenters. The largest absolute Gasteiger partial charge is 0.388 e. The second kappa shape index (κ2) is 5.50. The van der Waals surface area contributed by atoms with E-state index in [1.54, 1.807) is 13.8 Å². The van der Waals surface area contributed by atoms with Gasteiger partial charge in [0.1, 0.15) is 12.2 Å². The molecule has 0 aromatic carbocycles. The molecule has 0 radical (unpaired) electrons. The maximum atomic E-state index is 12.7. The molecular weight excluding hydrogens is 316 g/mol. The summed E-state index contributed by atoms with van der Waals surface area (Å²) in [6.07, 6.45) is -3.49. The highest BCUT2D eigenvalue weighted by molar-refractivity contribution is 5.91. The highest BCUT2D eigenvalue weighted by Gasteiger charge is 2.65. The van der Waals surface area contributed by atoms with Crippen molar-refractivity contribution in [2.24, 2.45) is 28.6 Å². The fourth-order valence-electron chi connectivity index (χ4n) is 6.28. The summed E-state index contributed by atoms with van der Waals surface area (Å²) >= 11 is 0. The van der Waals surface area contributed by atoms with Crippen LogP contribution in [0, 0.1) is 28.6 Å². The van der Waals surface area contributed by atoms with E-state index >= 15 is 0 Å². The molecule has 3 fully saturated rings. The van der Waals surface area contributed by atoms with E-state index in [4.69, 9.17) is 9.60 Å². The molecule has 4 heteroatoms. The van der Waals surface area contributed by atoms with Crippen LogP contribution in [0.3, 0.4) is 0 Å². The van der Waals surface area contributed by atoms with Crippen LogP contribution in [0.2, 0.25) is 0 Å². The lowest BCUT2D eigenvalue weighted by atomic mass is 9.46. The minimum absolute atomic E-state index is 0.0161. The summed E-state index contributed by atoms with van der Waals surface area (Å²) < 4.78 is 57.1. The Bertz CT molecular complexity index is 926. The summed E-state index contributed by atoms with van der Waals surface area (Å²) in [6, 6.07) is -0.577. The molecule has 2 N–H and O–H groups in total. The zero-order valence-electron chi connectivity index (χ0n) is 21.7. The van der Waals surface area contributed by atoms with E-state index in [0.717, 1.165) is 0 Å². The summed E-state index contributed by atoms with van der Waals surface area (Å²) in [6.45, 7) is 0.247. The number of hydrogen-bond acceptors (Lipinski definition) is 4. The van der Waals surface area contributed by atoms with Crippen molar-refractivity contribution in [3.63, 3.8) is 0 Å². The molecule has 0 bridgehead atoms. The summed E-state index contributed by atoms with van der Waals surface area (Å²) in [7, 11) is 0. The van der Waals surface area contributed by atoms with Crippen molar-refractivity contribution in [1.82, 2.24) is 0 Å². The highest BCUT2D eigenvalue weighted by atomic mass is 16.3. The second-order valence-electron chi connectivity index (χ2n) is 8.65. The molecule has 0 saturated heterocycles. The van der Waals surface area contributed by atoms with Crippen LogP contribution in [-0.2, 0) is 9.59 Å². The Morgan fingerprint density at radius 2 is 2.00 bits per heavy atom. The number of Topliss-reactive ketones (excluding diaryl/α,β-unsaturated/α-hetero) is 1. The zero-order valence-corrected chi connectivity index (χ0v) is 14.7. The molecule has 6 atom stereocenters. The average molecular weight is 354 g/mol. The Morgan fingerprint density at radius 3 is 2.72 bits per heavy atom. The Kier molecular flexibility index (Phi) is 2.42. The topological polar surface area (TPSA) is 74.6 Å². The number of carbonyl (C=O) groups excluding carboxylic acids is 2. The van der Waals surface area contributed by atoms with Gasteiger partial charge in [-0.3, -0.25) is 9.59 Å². The van der Waals surface area contributed by atoms with Crippen LogP contribution in [0.15, 0.2) is 11.6 Å². The number of allylic oxidation sites excluding steroid dienone is 1. The minimum atomic E-state index is -3.19. The number of rotatable bonds is 2. The molecule has 0 aliphatic heterocycles. The maximum absolute atomic E-state index is 12.7. The molecule has 25 heavy (non-hydrogen) atoms. The maximum Gasteiger partial charge on any atom is 0.190 e. The third-order valence-electron chi connectivity index (χ3n) is 7.82. The first-order chi connectivity index (χ1) is 14.3. The normalized spacial score (nSPS) is 58.2. The van der Waals surface area contributed by atoms with Crippen molar-refractivity contribution < 1.29 is 29.4 Å². The predicted molar refractivity (Wildman–Crippen MR) is 93.8 cm³/mol. The van der Waals surface area contributed by atoms with Gasteiger partial charge < -0.3 is 10.2 Å². The fourth-order valence-corrected chi connectivity index (χ4v) is 6.28. The number of aliphatic hydroxyl groups is 2. The molecule has 4 nitrogen and oxygen atoms in total. The van der Waals surface area contributed by atoms with Gasteiger partial charge in [0.05, 0.1) is 4.11 Å². The van der Waals surface area contributed by atoms with E-state index in [1.807, 2.05) is 0 Å². The van der Waals surface area contributed by atoms with Gasteiger partial charge in [0.25, 0.3) is 0 Å². The molecular formula is C21H30O4. The zero-order chi connectivity index (χ0) is 24.3. The van der Waals surface area contributed by atoms with Crippen molar-refractivity contribution in [2.45, 2.75) is 70.7 Å². The molecule has 4 aliphatic rings. The van der Waals surface area contributed by atoms with Gasteiger partial charge in [-0.05, 0) is 74.1 Å². The molecule has 0 heterocycles. The first kappa shape index (κ1) is 11.0. The fraction of sp³-hybridized carbons (Fsp3) is 0.810. The molecule has 4 aliphatic carbocycles. The lowest BCUT2D eigenvalue weighted by Crippen LogP contribution is -2.58. The average Bonchev–Trinajstić information content (AvgIpc) is 2.89. The van der Waals surface area contributed by atoms with Gasteiger partial charge in [-0.2, -0.15) is 0 Å². The van der Waals surface area contributed by atoms with Crippen LogP contribution in [0.1, 0.15) is 74.7 Å². The van der Waals surface area contributed by atoms with Crippen LogP contribution >= 0.6 is 0 Å². The monoisotopic (exact) mass is 353 g/mol. The lowest BCUT2D eigenvalue weighted by molar-refractivity contribution is -0.164. The Labute approximate surface area is 159 Å². The number of ketones is 2. The molecule has 0 spiro atoms. The number of hydrogen-bond donors (Lipinski definition) is 2. The van der Waals surface area contributed by atoms with Crippen LogP contribution in [0.4, 0.5) is 0 Å². The molecule has 138 valence electrons. The van der Waals surface area contributed by atoms with E-state index in [2.05, 4.69) is 0 Å². The van der Waals surface area contributed by atoms with Gasteiger partial charge in [-0.15, -0.1) is 0 Å². The molecule has 0 aromatic rings. The Balaban J connectivity index is 1.81. The van der Waals surface area contributed by atoms with E-state index in [9.17, 15) is 19.8 Å². The molecule has 4 rings (SSSR count). The quantitative estimate of drug-likeness (QED) is 0.800. The van der Waals surface area contributed by atoms with Crippen LogP contribution in [-0.4, -0.2) is 33.9 Å². The summed E-state index contributed by atoms with van der Waals surface area (Å²) in [5, 5.41) is 21.0. The van der Waals surface area contributed by atoms with Crippen molar-refractivity contribution in [1.29, 1.82) is 0 Å². The third-order valence-corrected chi connectivity index (χ3v) is 7.82. The van der Waals surface area contributed by atoms with Crippen LogP contribution < -0.4 is 0 Å².